The number of hydrogen-bond donors (Lipinski definition) is 1. The number of aromatic nitrogens is 3. The molecule has 8 nitrogen and oxygen atoms in total. The summed E-state index contributed by atoms with van der Waals surface area (Å²) in [6.45, 7) is 5.18. The molecule has 0 radical (unpaired) electrons. The van der Waals surface area contributed by atoms with E-state index in [0.29, 0.717) is 6.54 Å². The first-order valence-electron chi connectivity index (χ1n) is 8.76. The molecule has 1 aromatic carbocycles. The highest BCUT2D eigenvalue weighted by atomic mass is 127. The second-order valence-electron chi connectivity index (χ2n) is 6.08. The average Bonchev–Trinajstić information content (AvgIpc) is 3.14. The second-order valence-corrected chi connectivity index (χ2v) is 6.08. The number of methoxy groups -OCH3 is 2. The van der Waals surface area contributed by atoms with Gasteiger partial charge in [0, 0.05) is 26.7 Å². The number of aliphatic imine (C=N–C) groups is 1. The van der Waals surface area contributed by atoms with Gasteiger partial charge in [-0.15, -0.1) is 34.2 Å². The fraction of sp³-hybridized carbons (Fsp3) is 0.500. The first-order chi connectivity index (χ1) is 12.7. The molecule has 1 aliphatic heterocycles. The fourth-order valence-corrected chi connectivity index (χ4v) is 3.23. The molecule has 0 unspecified atom stereocenters. The quantitative estimate of drug-likeness (QED) is 0.396. The second kappa shape index (κ2) is 9.77. The van der Waals surface area contributed by atoms with Gasteiger partial charge in [-0.1, -0.05) is 0 Å². The van der Waals surface area contributed by atoms with Crippen LogP contribution in [0.25, 0.3) is 0 Å². The number of fused-ring (bicyclic) bond motifs is 1. The number of benzene rings is 1. The summed E-state index contributed by atoms with van der Waals surface area (Å²) >= 11 is 0. The van der Waals surface area contributed by atoms with Crippen molar-refractivity contribution in [2.24, 2.45) is 4.99 Å². The molecule has 3 rings (SSSR count). The highest BCUT2D eigenvalue weighted by molar-refractivity contribution is 14.0. The predicted molar refractivity (Wildman–Crippen MR) is 115 cm³/mol. The maximum Gasteiger partial charge on any atom is 0.194 e. The molecule has 0 atom stereocenters. The third-order valence-corrected chi connectivity index (χ3v) is 4.67. The Morgan fingerprint density at radius 3 is 2.56 bits per heavy atom. The summed E-state index contributed by atoms with van der Waals surface area (Å²) in [5, 5.41) is 11.5. The van der Waals surface area contributed by atoms with Crippen molar-refractivity contribution in [3.05, 3.63) is 35.4 Å². The summed E-state index contributed by atoms with van der Waals surface area (Å²) in [5.74, 6) is 3.29. The van der Waals surface area contributed by atoms with Gasteiger partial charge < -0.3 is 24.3 Å². The van der Waals surface area contributed by atoms with Crippen molar-refractivity contribution in [2.75, 3.05) is 27.8 Å². The molecule has 1 N–H and O–H groups in total. The number of rotatable bonds is 5. The molecule has 1 aliphatic rings. The van der Waals surface area contributed by atoms with E-state index in [1.807, 2.05) is 4.57 Å². The van der Waals surface area contributed by atoms with Crippen LogP contribution in [0.1, 0.15) is 23.9 Å². The molecule has 0 bridgehead atoms. The minimum absolute atomic E-state index is 0. The molecule has 27 heavy (non-hydrogen) atoms. The lowest BCUT2D eigenvalue weighted by atomic mass is 9.99. The van der Waals surface area contributed by atoms with Crippen LogP contribution in [0, 0.1) is 0 Å². The Morgan fingerprint density at radius 1 is 1.22 bits per heavy atom. The molecule has 2 heterocycles. The van der Waals surface area contributed by atoms with Crippen LogP contribution in [0.3, 0.4) is 0 Å². The molecular weight excluding hydrogens is 459 g/mol. The largest absolute Gasteiger partial charge is 0.493 e. The number of hydrogen-bond acceptors (Lipinski definition) is 5. The van der Waals surface area contributed by atoms with E-state index < -0.39 is 0 Å². The van der Waals surface area contributed by atoms with Gasteiger partial charge >= 0.3 is 0 Å². The van der Waals surface area contributed by atoms with E-state index in [0.717, 1.165) is 49.3 Å². The van der Waals surface area contributed by atoms with Crippen molar-refractivity contribution in [1.82, 2.24) is 25.0 Å². The normalized spacial score (nSPS) is 13.6. The van der Waals surface area contributed by atoms with E-state index in [9.17, 15) is 0 Å². The third kappa shape index (κ3) is 4.63. The van der Waals surface area contributed by atoms with Gasteiger partial charge in [0.2, 0.25) is 0 Å². The van der Waals surface area contributed by atoms with E-state index in [1.54, 1.807) is 27.6 Å². The summed E-state index contributed by atoms with van der Waals surface area (Å²) in [6, 6.07) is 4.13. The van der Waals surface area contributed by atoms with Gasteiger partial charge in [-0.05, 0) is 36.6 Å². The predicted octanol–water partition coefficient (Wildman–Crippen LogP) is 2.07. The maximum absolute atomic E-state index is 5.44. The molecule has 9 heteroatoms. The van der Waals surface area contributed by atoms with Crippen LogP contribution in [0.5, 0.6) is 11.5 Å². The highest BCUT2D eigenvalue weighted by Crippen LogP contribution is 2.33. The summed E-state index contributed by atoms with van der Waals surface area (Å²) in [6.07, 6.45) is 2.68. The summed E-state index contributed by atoms with van der Waals surface area (Å²) in [5.41, 5.74) is 2.52. The van der Waals surface area contributed by atoms with Gasteiger partial charge in [0.25, 0.3) is 0 Å². The Kier molecular flexibility index (Phi) is 7.69. The number of halogens is 1. The van der Waals surface area contributed by atoms with Crippen LogP contribution in [0.15, 0.2) is 23.5 Å². The Morgan fingerprint density at radius 2 is 1.93 bits per heavy atom. The third-order valence-electron chi connectivity index (χ3n) is 4.67. The summed E-state index contributed by atoms with van der Waals surface area (Å²) < 4.78 is 12.9. The van der Waals surface area contributed by atoms with E-state index in [4.69, 9.17) is 9.47 Å². The van der Waals surface area contributed by atoms with E-state index in [2.05, 4.69) is 44.5 Å². The topological polar surface area (TPSA) is 76.8 Å². The van der Waals surface area contributed by atoms with Gasteiger partial charge in [0.1, 0.15) is 6.33 Å². The van der Waals surface area contributed by atoms with Crippen molar-refractivity contribution in [2.45, 2.75) is 33.0 Å². The van der Waals surface area contributed by atoms with Crippen LogP contribution in [-0.4, -0.2) is 53.4 Å². The van der Waals surface area contributed by atoms with Crippen LogP contribution < -0.4 is 14.8 Å². The molecule has 0 amide bonds. The lowest BCUT2D eigenvalue weighted by Gasteiger charge is -2.32. The van der Waals surface area contributed by atoms with Crippen LogP contribution in [0.4, 0.5) is 0 Å². The van der Waals surface area contributed by atoms with E-state index in [1.165, 1.54) is 11.1 Å². The SMILES string of the molecule is CCn1cnnc1CNC(=NC)N1CCc2cc(OC)c(OC)cc2C1.I. The van der Waals surface area contributed by atoms with Crippen molar-refractivity contribution in [3.8, 4) is 11.5 Å². The van der Waals surface area contributed by atoms with Crippen LogP contribution in [0.2, 0.25) is 0 Å². The van der Waals surface area contributed by atoms with Gasteiger partial charge in [-0.25, -0.2) is 0 Å². The molecule has 0 aliphatic carbocycles. The zero-order valence-electron chi connectivity index (χ0n) is 16.2. The summed E-state index contributed by atoms with van der Waals surface area (Å²) in [4.78, 5) is 6.67. The molecule has 0 saturated heterocycles. The van der Waals surface area contributed by atoms with E-state index >= 15 is 0 Å². The average molecular weight is 486 g/mol. The molecule has 1 aromatic heterocycles. The van der Waals surface area contributed by atoms with Gasteiger partial charge in [-0.3, -0.25) is 4.99 Å². The molecule has 0 saturated carbocycles. The minimum atomic E-state index is 0. The standard InChI is InChI=1S/C18H26N6O2.HI/c1-5-23-12-21-22-17(23)10-20-18(19-2)24-7-6-13-8-15(25-3)16(26-4)9-14(13)11-24;/h8-9,12H,5-7,10-11H2,1-4H3,(H,19,20);1H. The Labute approximate surface area is 177 Å². The first-order valence-corrected chi connectivity index (χ1v) is 8.76. The van der Waals surface area contributed by atoms with E-state index in [-0.39, 0.29) is 24.0 Å². The highest BCUT2D eigenvalue weighted by Gasteiger charge is 2.21. The maximum atomic E-state index is 5.44. The van der Waals surface area contributed by atoms with Crippen LogP contribution in [-0.2, 0) is 26.1 Å². The monoisotopic (exact) mass is 486 g/mol. The Balaban J connectivity index is 0.00000261. The number of nitrogens with one attached hydrogen (secondary N) is 1. The smallest absolute Gasteiger partial charge is 0.194 e. The lowest BCUT2D eigenvalue weighted by Crippen LogP contribution is -2.44. The van der Waals surface area contributed by atoms with Crippen molar-refractivity contribution >= 4 is 29.9 Å². The fourth-order valence-electron chi connectivity index (χ4n) is 3.23. The molecule has 2 aromatic rings. The number of ether oxygens (including phenoxy) is 2. The molecule has 0 fully saturated rings. The zero-order chi connectivity index (χ0) is 18.5. The molecular formula is C18H27IN6O2. The van der Waals surface area contributed by atoms with Crippen molar-refractivity contribution < 1.29 is 9.47 Å². The number of nitrogens with zero attached hydrogens (tertiary/aromatic N) is 5. The Bertz CT molecular complexity index is 792. The van der Waals surface area contributed by atoms with Gasteiger partial charge in [0.15, 0.2) is 23.3 Å². The molecule has 0 spiro atoms. The van der Waals surface area contributed by atoms with Crippen molar-refractivity contribution in [3.63, 3.8) is 0 Å². The lowest BCUT2D eigenvalue weighted by molar-refractivity contribution is 0.345. The summed E-state index contributed by atoms with van der Waals surface area (Å²) in [7, 11) is 5.13. The number of aryl methyl sites for hydroxylation is 1. The van der Waals surface area contributed by atoms with Crippen molar-refractivity contribution in [1.29, 1.82) is 0 Å². The van der Waals surface area contributed by atoms with Gasteiger partial charge in [0.05, 0.1) is 20.8 Å². The van der Waals surface area contributed by atoms with Gasteiger partial charge in [-0.2, -0.15) is 0 Å². The molecule has 148 valence electrons. The zero-order valence-corrected chi connectivity index (χ0v) is 18.6. The number of guanidine groups is 1. The first kappa shape index (κ1) is 21.3. The Hall–Kier alpha value is -2.04. The van der Waals surface area contributed by atoms with Crippen LogP contribution >= 0.6 is 24.0 Å². The minimum Gasteiger partial charge on any atom is -0.493 e.